The summed E-state index contributed by atoms with van der Waals surface area (Å²) in [6, 6.07) is 8.42. The van der Waals surface area contributed by atoms with Crippen LogP contribution >= 0.6 is 0 Å². The summed E-state index contributed by atoms with van der Waals surface area (Å²) in [6.07, 6.45) is 0.669. The lowest BCUT2D eigenvalue weighted by Crippen LogP contribution is -1.95. The Kier molecular flexibility index (Phi) is 2.47. The van der Waals surface area contributed by atoms with Crippen LogP contribution in [0.25, 0.3) is 0 Å². The Morgan fingerprint density at radius 2 is 2.07 bits per heavy atom. The first-order chi connectivity index (χ1) is 6.79. The van der Waals surface area contributed by atoms with Crippen LogP contribution in [0.3, 0.4) is 0 Å². The molecule has 1 fully saturated rings. The number of nitrogens with zero attached hydrogens (tertiary/aromatic N) is 1. The molecule has 1 heterocycles. The van der Waals surface area contributed by atoms with Crippen molar-refractivity contribution < 1.29 is 9.13 Å². The van der Waals surface area contributed by atoms with Gasteiger partial charge < -0.3 is 4.74 Å². The van der Waals surface area contributed by atoms with Gasteiger partial charge in [0, 0.05) is 0 Å². The summed E-state index contributed by atoms with van der Waals surface area (Å²) in [6.45, 7) is 0.485. The largest absolute Gasteiger partial charge is 0.372 e. The Bertz CT molecular complexity index is 355. The van der Waals surface area contributed by atoms with E-state index in [0.717, 1.165) is 5.56 Å². The highest BCUT2D eigenvalue weighted by atomic mass is 19.1. The Balaban J connectivity index is 2.10. The second-order valence-electron chi connectivity index (χ2n) is 3.44. The Labute approximate surface area is 81.9 Å². The van der Waals surface area contributed by atoms with E-state index >= 15 is 0 Å². The topological polar surface area (TPSA) is 33.0 Å². The maximum Gasteiger partial charge on any atom is 0.123 e. The molecule has 72 valence electrons. The summed E-state index contributed by atoms with van der Waals surface area (Å²) in [7, 11) is 0. The molecule has 0 saturated carbocycles. The maximum absolute atomic E-state index is 12.6. The van der Waals surface area contributed by atoms with Crippen LogP contribution < -0.4 is 0 Å². The van der Waals surface area contributed by atoms with Crippen molar-refractivity contribution in [1.82, 2.24) is 0 Å². The zero-order valence-corrected chi connectivity index (χ0v) is 7.61. The van der Waals surface area contributed by atoms with Crippen LogP contribution in [-0.4, -0.2) is 6.61 Å². The molecule has 0 radical (unpaired) electrons. The van der Waals surface area contributed by atoms with E-state index in [1.165, 1.54) is 12.1 Å². The van der Waals surface area contributed by atoms with E-state index < -0.39 is 0 Å². The molecule has 2 atom stereocenters. The zero-order valence-electron chi connectivity index (χ0n) is 7.61. The van der Waals surface area contributed by atoms with Gasteiger partial charge in [-0.15, -0.1) is 0 Å². The maximum atomic E-state index is 12.6. The molecule has 0 bridgehead atoms. The van der Waals surface area contributed by atoms with Crippen LogP contribution in [0.2, 0.25) is 0 Å². The summed E-state index contributed by atoms with van der Waals surface area (Å²) in [5.41, 5.74) is 0.948. The molecule has 1 aliphatic rings. The minimum absolute atomic E-state index is 0.0231. The third-order valence-electron chi connectivity index (χ3n) is 2.42. The number of benzene rings is 1. The fraction of sp³-hybridized carbons (Fsp3) is 0.364. The molecule has 1 aromatic rings. The van der Waals surface area contributed by atoms with Crippen LogP contribution in [0.4, 0.5) is 4.39 Å². The highest BCUT2D eigenvalue weighted by Gasteiger charge is 2.26. The molecular weight excluding hydrogens is 181 g/mol. The van der Waals surface area contributed by atoms with E-state index in [1.54, 1.807) is 12.1 Å². The van der Waals surface area contributed by atoms with Crippen molar-refractivity contribution in [2.24, 2.45) is 5.92 Å². The van der Waals surface area contributed by atoms with E-state index in [2.05, 4.69) is 6.07 Å². The minimum Gasteiger partial charge on any atom is -0.372 e. The molecule has 3 heteroatoms. The van der Waals surface area contributed by atoms with Crippen molar-refractivity contribution >= 4 is 0 Å². The highest BCUT2D eigenvalue weighted by molar-refractivity contribution is 5.20. The van der Waals surface area contributed by atoms with Crippen molar-refractivity contribution in [1.29, 1.82) is 5.26 Å². The summed E-state index contributed by atoms with van der Waals surface area (Å²) in [4.78, 5) is 0. The minimum atomic E-state index is -0.247. The molecule has 0 aliphatic carbocycles. The molecule has 1 aliphatic heterocycles. The summed E-state index contributed by atoms with van der Waals surface area (Å²) >= 11 is 0. The lowest BCUT2D eigenvalue weighted by molar-refractivity contribution is 0.109. The fourth-order valence-corrected chi connectivity index (χ4v) is 1.63. The summed E-state index contributed by atoms with van der Waals surface area (Å²) < 4.78 is 18.1. The number of hydrogen-bond donors (Lipinski definition) is 0. The number of ether oxygens (including phenoxy) is 1. The summed E-state index contributed by atoms with van der Waals surface area (Å²) in [5.74, 6) is -0.270. The van der Waals surface area contributed by atoms with Crippen LogP contribution in [0.5, 0.6) is 0 Å². The molecule has 2 nitrogen and oxygen atoms in total. The van der Waals surface area contributed by atoms with Gasteiger partial charge >= 0.3 is 0 Å². The number of halogens is 1. The molecule has 2 rings (SSSR count). The van der Waals surface area contributed by atoms with Gasteiger partial charge in [0.15, 0.2) is 0 Å². The molecule has 0 N–H and O–H groups in total. The smallest absolute Gasteiger partial charge is 0.123 e. The van der Waals surface area contributed by atoms with Crippen molar-refractivity contribution in [2.75, 3.05) is 6.61 Å². The monoisotopic (exact) mass is 191 g/mol. The predicted octanol–water partition coefficient (Wildman–Crippen LogP) is 2.43. The first kappa shape index (κ1) is 9.17. The van der Waals surface area contributed by atoms with Gasteiger partial charge in [-0.1, -0.05) is 12.1 Å². The van der Waals surface area contributed by atoms with Gasteiger partial charge in [0.2, 0.25) is 0 Å². The van der Waals surface area contributed by atoms with Gasteiger partial charge in [-0.05, 0) is 24.1 Å². The first-order valence-electron chi connectivity index (χ1n) is 4.56. The number of nitriles is 1. The Morgan fingerprint density at radius 1 is 1.36 bits per heavy atom. The second kappa shape index (κ2) is 3.77. The highest BCUT2D eigenvalue weighted by Crippen LogP contribution is 2.31. The SMILES string of the molecule is N#C[C@H]1CO[C@@H](c2ccc(F)cc2)C1. The van der Waals surface area contributed by atoms with E-state index in [9.17, 15) is 4.39 Å². The van der Waals surface area contributed by atoms with E-state index in [1.807, 2.05) is 0 Å². The van der Waals surface area contributed by atoms with Crippen molar-refractivity contribution in [2.45, 2.75) is 12.5 Å². The third-order valence-corrected chi connectivity index (χ3v) is 2.42. The second-order valence-corrected chi connectivity index (χ2v) is 3.44. The van der Waals surface area contributed by atoms with Gasteiger partial charge in [0.05, 0.1) is 24.7 Å². The number of rotatable bonds is 1. The molecule has 0 unspecified atom stereocenters. The van der Waals surface area contributed by atoms with Gasteiger partial charge in [0.25, 0.3) is 0 Å². The van der Waals surface area contributed by atoms with Crippen LogP contribution in [0, 0.1) is 23.1 Å². The van der Waals surface area contributed by atoms with E-state index in [-0.39, 0.29) is 17.8 Å². The van der Waals surface area contributed by atoms with Crippen LogP contribution in [0.15, 0.2) is 24.3 Å². The van der Waals surface area contributed by atoms with Crippen molar-refractivity contribution in [3.05, 3.63) is 35.6 Å². The molecule has 0 amide bonds. The van der Waals surface area contributed by atoms with Crippen molar-refractivity contribution in [3.63, 3.8) is 0 Å². The lowest BCUT2D eigenvalue weighted by Gasteiger charge is -2.08. The molecular formula is C11H10FNO. The van der Waals surface area contributed by atoms with Gasteiger partial charge in [-0.3, -0.25) is 0 Å². The molecule has 0 aromatic heterocycles. The van der Waals surface area contributed by atoms with Gasteiger partial charge in [-0.25, -0.2) is 4.39 Å². The van der Waals surface area contributed by atoms with Crippen LogP contribution in [0.1, 0.15) is 18.1 Å². The van der Waals surface area contributed by atoms with Crippen LogP contribution in [-0.2, 0) is 4.74 Å². The predicted molar refractivity (Wildman–Crippen MR) is 48.8 cm³/mol. The lowest BCUT2D eigenvalue weighted by atomic mass is 10.0. The average Bonchev–Trinajstić information content (AvgIpc) is 2.67. The molecule has 0 spiro atoms. The van der Waals surface area contributed by atoms with E-state index in [4.69, 9.17) is 10.00 Å². The number of hydrogen-bond acceptors (Lipinski definition) is 2. The Morgan fingerprint density at radius 3 is 2.64 bits per heavy atom. The van der Waals surface area contributed by atoms with Gasteiger partial charge in [0.1, 0.15) is 5.82 Å². The Hall–Kier alpha value is -1.40. The van der Waals surface area contributed by atoms with Crippen molar-refractivity contribution in [3.8, 4) is 6.07 Å². The first-order valence-corrected chi connectivity index (χ1v) is 4.56. The fourth-order valence-electron chi connectivity index (χ4n) is 1.63. The molecule has 14 heavy (non-hydrogen) atoms. The van der Waals surface area contributed by atoms with Gasteiger partial charge in [-0.2, -0.15) is 5.26 Å². The molecule has 1 aromatic carbocycles. The quantitative estimate of drug-likeness (QED) is 0.683. The van der Waals surface area contributed by atoms with E-state index in [0.29, 0.717) is 13.0 Å². The summed E-state index contributed by atoms with van der Waals surface area (Å²) in [5, 5.41) is 8.68. The third kappa shape index (κ3) is 1.75. The standard InChI is InChI=1S/C11H10FNO/c12-10-3-1-9(2-4-10)11-5-8(6-13)7-14-11/h1-4,8,11H,5,7H2/t8-,11+/m0/s1. The zero-order chi connectivity index (χ0) is 9.97. The molecule has 1 saturated heterocycles. The normalized spacial score (nSPS) is 26.0. The average molecular weight is 191 g/mol.